The van der Waals surface area contributed by atoms with Gasteiger partial charge >= 0.3 is 0 Å². The molecule has 0 bridgehead atoms. The fraction of sp³-hybridized carbons (Fsp3) is 0.160. The van der Waals surface area contributed by atoms with Gasteiger partial charge in [0.1, 0.15) is 0 Å². The van der Waals surface area contributed by atoms with Crippen LogP contribution in [0, 0.1) is 0 Å². The molecule has 0 unspecified atom stereocenters. The third kappa shape index (κ3) is 7.27. The maximum Gasteiger partial charge on any atom is 0.240 e. The summed E-state index contributed by atoms with van der Waals surface area (Å²) in [6.45, 7) is 2.93. The summed E-state index contributed by atoms with van der Waals surface area (Å²) in [7, 11) is -3.75. The van der Waals surface area contributed by atoms with E-state index in [1.165, 1.54) is 32.1 Å². The van der Waals surface area contributed by atoms with Gasteiger partial charge in [0, 0.05) is 22.8 Å². The van der Waals surface area contributed by atoms with Gasteiger partial charge in [-0.25, -0.2) is 13.1 Å². The van der Waals surface area contributed by atoms with Crippen molar-refractivity contribution >= 4 is 44.9 Å². The number of hydrogen-bond donors (Lipinski definition) is 3. The average Bonchev–Trinajstić information content (AvgIpc) is 2.77. The average molecular weight is 485 g/mol. The molecular formula is C25H25ClN2O4S. The van der Waals surface area contributed by atoms with Gasteiger partial charge in [0.25, 0.3) is 0 Å². The van der Waals surface area contributed by atoms with Crippen LogP contribution in [0.3, 0.4) is 0 Å². The fourth-order valence-corrected chi connectivity index (χ4v) is 4.26. The first-order valence-corrected chi connectivity index (χ1v) is 12.1. The third-order valence-corrected chi connectivity index (χ3v) is 6.26. The highest BCUT2D eigenvalue weighted by molar-refractivity contribution is 7.89. The van der Waals surface area contributed by atoms with Crippen LogP contribution in [0.1, 0.15) is 29.8 Å². The van der Waals surface area contributed by atoms with Crippen molar-refractivity contribution in [2.75, 3.05) is 11.9 Å². The maximum atomic E-state index is 12.8. The molecule has 0 saturated carbocycles. The molecule has 3 aromatic carbocycles. The van der Waals surface area contributed by atoms with E-state index in [1.807, 2.05) is 30.3 Å². The Morgan fingerprint density at radius 1 is 1.03 bits per heavy atom. The number of nitrogens with one attached hydrogen (secondary N) is 2. The summed E-state index contributed by atoms with van der Waals surface area (Å²) in [5, 5.41) is 13.4. The Hall–Kier alpha value is -2.97. The normalized spacial score (nSPS) is 12.1. The summed E-state index contributed by atoms with van der Waals surface area (Å²) in [6, 6.07) is 20.5. The van der Waals surface area contributed by atoms with Crippen LogP contribution in [0.2, 0.25) is 5.02 Å². The minimum absolute atomic E-state index is 0.0716. The number of ketones is 1. The van der Waals surface area contributed by atoms with Crippen molar-refractivity contribution in [2.45, 2.75) is 24.3 Å². The van der Waals surface area contributed by atoms with Crippen LogP contribution in [0.25, 0.3) is 6.08 Å². The lowest BCUT2D eigenvalue weighted by atomic mass is 10.1. The topological polar surface area (TPSA) is 95.5 Å². The minimum Gasteiger partial charge on any atom is -0.389 e. The van der Waals surface area contributed by atoms with Crippen molar-refractivity contribution in [1.29, 1.82) is 0 Å². The van der Waals surface area contributed by atoms with Crippen molar-refractivity contribution < 1.29 is 18.3 Å². The molecule has 0 atom stereocenters. The standard InChI is InChI=1S/C25H25ClN2O4S/c1-25(2,30)17-27-33(31,32)21-12-8-18(9-13-21)10-15-24(29)22-14-11-19(26)16-23(22)28-20-6-4-3-5-7-20/h3-16,27-28,30H,17H2,1-2H3/b15-10+. The predicted molar refractivity (Wildman–Crippen MR) is 132 cm³/mol. The Kier molecular flexibility index (Phi) is 7.71. The molecule has 0 fully saturated rings. The first kappa shape index (κ1) is 24.7. The molecule has 0 amide bonds. The van der Waals surface area contributed by atoms with Crippen LogP contribution in [-0.2, 0) is 10.0 Å². The van der Waals surface area contributed by atoms with E-state index < -0.39 is 15.6 Å². The Morgan fingerprint density at radius 3 is 2.33 bits per heavy atom. The molecule has 3 rings (SSSR count). The van der Waals surface area contributed by atoms with Crippen LogP contribution in [0.4, 0.5) is 11.4 Å². The van der Waals surface area contributed by atoms with Crippen LogP contribution in [-0.4, -0.2) is 31.5 Å². The number of rotatable bonds is 9. The van der Waals surface area contributed by atoms with E-state index in [4.69, 9.17) is 11.6 Å². The first-order valence-electron chi connectivity index (χ1n) is 10.2. The fourth-order valence-electron chi connectivity index (χ4n) is 2.89. The number of benzene rings is 3. The summed E-state index contributed by atoms with van der Waals surface area (Å²) in [6.07, 6.45) is 3.04. The molecule has 0 heterocycles. The number of aliphatic hydroxyl groups is 1. The highest BCUT2D eigenvalue weighted by Gasteiger charge is 2.19. The SMILES string of the molecule is CC(C)(O)CNS(=O)(=O)c1ccc(/C=C/C(=O)c2ccc(Cl)cc2Nc2ccccc2)cc1. The lowest BCUT2D eigenvalue weighted by Gasteiger charge is -2.17. The molecule has 0 aromatic heterocycles. The lowest BCUT2D eigenvalue weighted by molar-refractivity contribution is 0.0857. The highest BCUT2D eigenvalue weighted by Crippen LogP contribution is 2.26. The molecule has 0 aliphatic rings. The van der Waals surface area contributed by atoms with E-state index in [1.54, 1.807) is 36.4 Å². The largest absolute Gasteiger partial charge is 0.389 e. The second-order valence-electron chi connectivity index (χ2n) is 8.08. The van der Waals surface area contributed by atoms with E-state index in [0.29, 0.717) is 21.8 Å². The van der Waals surface area contributed by atoms with Crippen molar-refractivity contribution in [2.24, 2.45) is 0 Å². The molecule has 172 valence electrons. The second-order valence-corrected chi connectivity index (χ2v) is 10.3. The van der Waals surface area contributed by atoms with Crippen LogP contribution in [0.15, 0.2) is 83.8 Å². The zero-order chi connectivity index (χ0) is 24.1. The van der Waals surface area contributed by atoms with Gasteiger partial charge < -0.3 is 10.4 Å². The zero-order valence-corrected chi connectivity index (χ0v) is 19.8. The van der Waals surface area contributed by atoms with Crippen LogP contribution < -0.4 is 10.0 Å². The van der Waals surface area contributed by atoms with Gasteiger partial charge in [-0.1, -0.05) is 48.0 Å². The van der Waals surface area contributed by atoms with E-state index in [2.05, 4.69) is 10.0 Å². The molecule has 0 aliphatic heterocycles. The van der Waals surface area contributed by atoms with Gasteiger partial charge in [0.2, 0.25) is 10.0 Å². The quantitative estimate of drug-likeness (QED) is 0.292. The van der Waals surface area contributed by atoms with Crippen LogP contribution >= 0.6 is 11.6 Å². The van der Waals surface area contributed by atoms with Gasteiger partial charge in [-0.3, -0.25) is 4.79 Å². The molecule has 0 saturated heterocycles. The maximum absolute atomic E-state index is 12.8. The van der Waals surface area contributed by atoms with Gasteiger partial charge in [-0.05, 0) is 68.0 Å². The van der Waals surface area contributed by atoms with Crippen LogP contribution in [0.5, 0.6) is 0 Å². The molecule has 33 heavy (non-hydrogen) atoms. The summed E-state index contributed by atoms with van der Waals surface area (Å²) < 4.78 is 27.1. The number of carbonyl (C=O) groups is 1. The molecule has 0 radical (unpaired) electrons. The molecule has 6 nitrogen and oxygen atoms in total. The minimum atomic E-state index is -3.75. The summed E-state index contributed by atoms with van der Waals surface area (Å²) >= 11 is 6.12. The Balaban J connectivity index is 1.75. The zero-order valence-electron chi connectivity index (χ0n) is 18.2. The number of carbonyl (C=O) groups excluding carboxylic acids is 1. The van der Waals surface area contributed by atoms with Crippen molar-refractivity contribution in [3.05, 3.63) is 95.0 Å². The summed E-state index contributed by atoms with van der Waals surface area (Å²) in [5.41, 5.74) is 1.37. The Morgan fingerprint density at radius 2 is 1.70 bits per heavy atom. The number of hydrogen-bond acceptors (Lipinski definition) is 5. The third-order valence-electron chi connectivity index (χ3n) is 4.61. The number of halogens is 1. The van der Waals surface area contributed by atoms with E-state index in [-0.39, 0.29) is 17.2 Å². The smallest absolute Gasteiger partial charge is 0.240 e. The predicted octanol–water partition coefficient (Wildman–Crippen LogP) is 5.03. The molecule has 0 spiro atoms. The lowest BCUT2D eigenvalue weighted by Crippen LogP contribution is -2.38. The Labute approximate surface area is 199 Å². The molecule has 0 aliphatic carbocycles. The number of anilines is 2. The second kappa shape index (κ2) is 10.3. The van der Waals surface area contributed by atoms with Crippen molar-refractivity contribution in [3.63, 3.8) is 0 Å². The van der Waals surface area contributed by atoms with Crippen molar-refractivity contribution in [3.8, 4) is 0 Å². The van der Waals surface area contributed by atoms with Crippen molar-refractivity contribution in [1.82, 2.24) is 4.72 Å². The van der Waals surface area contributed by atoms with Gasteiger partial charge in [-0.2, -0.15) is 0 Å². The number of allylic oxidation sites excluding steroid dienone is 1. The number of sulfonamides is 1. The van der Waals surface area contributed by atoms with E-state index in [0.717, 1.165) is 5.69 Å². The monoisotopic (exact) mass is 484 g/mol. The highest BCUT2D eigenvalue weighted by atomic mass is 35.5. The van der Waals surface area contributed by atoms with Gasteiger partial charge in [0.05, 0.1) is 16.2 Å². The summed E-state index contributed by atoms with van der Waals surface area (Å²) in [4.78, 5) is 12.9. The molecule has 3 aromatic rings. The first-order chi connectivity index (χ1) is 15.5. The molecule has 8 heteroatoms. The van der Waals surface area contributed by atoms with Gasteiger partial charge in [-0.15, -0.1) is 0 Å². The van der Waals surface area contributed by atoms with E-state index in [9.17, 15) is 18.3 Å². The van der Waals surface area contributed by atoms with E-state index >= 15 is 0 Å². The molecular weight excluding hydrogens is 460 g/mol. The Bertz CT molecular complexity index is 1250. The van der Waals surface area contributed by atoms with Gasteiger partial charge in [0.15, 0.2) is 5.78 Å². The molecule has 3 N–H and O–H groups in total. The number of para-hydroxylation sites is 1. The summed E-state index contributed by atoms with van der Waals surface area (Å²) in [5.74, 6) is -0.228.